The van der Waals surface area contributed by atoms with E-state index in [0.717, 1.165) is 0 Å². The van der Waals surface area contributed by atoms with E-state index in [1.54, 1.807) is 30.3 Å². The van der Waals surface area contributed by atoms with Crippen molar-refractivity contribution in [2.45, 2.75) is 9.92 Å². The van der Waals surface area contributed by atoms with Crippen LogP contribution in [0.2, 0.25) is 0 Å². The van der Waals surface area contributed by atoms with Gasteiger partial charge in [0.15, 0.2) is 5.03 Å². The number of hydrogen-bond acceptors (Lipinski definition) is 3. The molecule has 0 aliphatic rings. The molecule has 0 aliphatic carbocycles. The number of nitrogens with zero attached hydrogens (tertiary/aromatic N) is 1. The molecule has 0 aliphatic heterocycles. The summed E-state index contributed by atoms with van der Waals surface area (Å²) in [7, 11) is -3.47. The second-order valence-corrected chi connectivity index (χ2v) is 4.81. The van der Waals surface area contributed by atoms with E-state index < -0.39 is 9.84 Å². The molecule has 1 aromatic heterocycles. The molecule has 0 N–H and O–H groups in total. The SMILES string of the molecule is O=S(=O)(c1ccccc1)c1cc[c]cn1. The summed E-state index contributed by atoms with van der Waals surface area (Å²) in [4.78, 5) is 4.04. The van der Waals surface area contributed by atoms with E-state index in [1.165, 1.54) is 18.3 Å². The van der Waals surface area contributed by atoms with E-state index in [1.807, 2.05) is 0 Å². The molecule has 0 amide bonds. The summed E-state index contributed by atoms with van der Waals surface area (Å²) in [5, 5.41) is 0.0486. The molecule has 0 fully saturated rings. The van der Waals surface area contributed by atoms with E-state index in [9.17, 15) is 8.42 Å². The molecular formula is C11H8NO2S. The molecule has 0 saturated carbocycles. The molecule has 0 saturated heterocycles. The smallest absolute Gasteiger partial charge is 0.223 e. The Bertz CT molecular complexity index is 490. The first kappa shape index (κ1) is 9.86. The molecule has 2 rings (SSSR count). The van der Waals surface area contributed by atoms with Crippen LogP contribution in [0.5, 0.6) is 0 Å². The highest BCUT2D eigenvalue weighted by atomic mass is 32.2. The Morgan fingerprint density at radius 2 is 1.80 bits per heavy atom. The predicted molar refractivity (Wildman–Crippen MR) is 55.0 cm³/mol. The van der Waals surface area contributed by atoms with Gasteiger partial charge in [-0.15, -0.1) is 0 Å². The Morgan fingerprint density at radius 1 is 1.07 bits per heavy atom. The van der Waals surface area contributed by atoms with Crippen molar-refractivity contribution in [3.8, 4) is 0 Å². The molecular weight excluding hydrogens is 210 g/mol. The van der Waals surface area contributed by atoms with Crippen LogP contribution < -0.4 is 0 Å². The normalized spacial score (nSPS) is 11.2. The Balaban J connectivity index is 2.55. The van der Waals surface area contributed by atoms with Gasteiger partial charge in [-0.3, -0.25) is 0 Å². The molecule has 1 aromatic carbocycles. The van der Waals surface area contributed by atoms with Crippen LogP contribution in [0.3, 0.4) is 0 Å². The summed E-state index contributed by atoms with van der Waals surface area (Å²) in [5.74, 6) is 0. The Hall–Kier alpha value is -1.68. The van der Waals surface area contributed by atoms with Crippen LogP contribution in [-0.4, -0.2) is 13.4 Å². The zero-order valence-corrected chi connectivity index (χ0v) is 8.61. The first-order chi connectivity index (χ1) is 7.21. The highest BCUT2D eigenvalue weighted by molar-refractivity contribution is 7.91. The first-order valence-electron chi connectivity index (χ1n) is 4.33. The van der Waals surface area contributed by atoms with Gasteiger partial charge in [0.05, 0.1) is 4.90 Å². The lowest BCUT2D eigenvalue weighted by Crippen LogP contribution is -2.03. The summed E-state index contributed by atoms with van der Waals surface area (Å²) in [6.45, 7) is 0. The third kappa shape index (κ3) is 1.89. The highest BCUT2D eigenvalue weighted by Gasteiger charge is 2.17. The van der Waals surface area contributed by atoms with Gasteiger partial charge in [0.25, 0.3) is 0 Å². The van der Waals surface area contributed by atoms with Crippen LogP contribution >= 0.6 is 0 Å². The molecule has 0 spiro atoms. The molecule has 0 atom stereocenters. The lowest BCUT2D eigenvalue weighted by Gasteiger charge is -2.01. The van der Waals surface area contributed by atoms with Gasteiger partial charge < -0.3 is 0 Å². The second kappa shape index (κ2) is 3.82. The van der Waals surface area contributed by atoms with Crippen molar-refractivity contribution in [2.24, 2.45) is 0 Å². The second-order valence-electron chi connectivity index (χ2n) is 2.91. The van der Waals surface area contributed by atoms with Crippen molar-refractivity contribution in [1.82, 2.24) is 4.98 Å². The number of sulfone groups is 1. The maximum absolute atomic E-state index is 12.0. The topological polar surface area (TPSA) is 47.0 Å². The number of pyridine rings is 1. The van der Waals surface area contributed by atoms with E-state index in [4.69, 9.17) is 0 Å². The van der Waals surface area contributed by atoms with Crippen molar-refractivity contribution >= 4 is 9.84 Å². The van der Waals surface area contributed by atoms with Gasteiger partial charge >= 0.3 is 0 Å². The lowest BCUT2D eigenvalue weighted by molar-refractivity contribution is 0.592. The monoisotopic (exact) mass is 218 g/mol. The zero-order valence-electron chi connectivity index (χ0n) is 7.79. The maximum Gasteiger partial charge on any atom is 0.223 e. The number of aromatic nitrogens is 1. The fourth-order valence-corrected chi connectivity index (χ4v) is 2.38. The minimum atomic E-state index is -3.47. The molecule has 3 nitrogen and oxygen atoms in total. The molecule has 15 heavy (non-hydrogen) atoms. The van der Waals surface area contributed by atoms with Gasteiger partial charge in [0, 0.05) is 12.3 Å². The largest absolute Gasteiger partial charge is 0.244 e. The first-order valence-corrected chi connectivity index (χ1v) is 5.82. The van der Waals surface area contributed by atoms with Crippen molar-refractivity contribution in [3.63, 3.8) is 0 Å². The van der Waals surface area contributed by atoms with Gasteiger partial charge in [-0.05, 0) is 24.3 Å². The summed E-state index contributed by atoms with van der Waals surface area (Å²) >= 11 is 0. The number of hydrogen-bond donors (Lipinski definition) is 0. The minimum Gasteiger partial charge on any atom is -0.244 e. The van der Waals surface area contributed by atoms with Crippen LogP contribution in [0.15, 0.2) is 58.6 Å². The zero-order chi connectivity index (χ0) is 10.7. The van der Waals surface area contributed by atoms with E-state index in [0.29, 0.717) is 0 Å². The molecule has 1 heterocycles. The Morgan fingerprint density at radius 3 is 2.40 bits per heavy atom. The van der Waals surface area contributed by atoms with Crippen LogP contribution in [0.4, 0.5) is 0 Å². The van der Waals surface area contributed by atoms with Crippen molar-refractivity contribution in [3.05, 3.63) is 54.7 Å². The third-order valence-corrected chi connectivity index (χ3v) is 3.60. The van der Waals surface area contributed by atoms with Crippen LogP contribution in [0.25, 0.3) is 0 Å². The van der Waals surface area contributed by atoms with Crippen molar-refractivity contribution < 1.29 is 8.42 Å². The van der Waals surface area contributed by atoms with Crippen LogP contribution in [-0.2, 0) is 9.84 Å². The third-order valence-electron chi connectivity index (χ3n) is 1.92. The predicted octanol–water partition coefficient (Wildman–Crippen LogP) is 1.71. The van der Waals surface area contributed by atoms with Gasteiger partial charge in [0.1, 0.15) is 0 Å². The van der Waals surface area contributed by atoms with E-state index in [2.05, 4.69) is 11.1 Å². The molecule has 0 bridgehead atoms. The average Bonchev–Trinajstić information content (AvgIpc) is 2.31. The minimum absolute atomic E-state index is 0.0486. The van der Waals surface area contributed by atoms with E-state index in [-0.39, 0.29) is 9.92 Å². The molecule has 1 radical (unpaired) electrons. The van der Waals surface area contributed by atoms with Gasteiger partial charge in [-0.1, -0.05) is 18.2 Å². The van der Waals surface area contributed by atoms with Crippen molar-refractivity contribution in [1.29, 1.82) is 0 Å². The van der Waals surface area contributed by atoms with Gasteiger partial charge in [-0.2, -0.15) is 0 Å². The van der Waals surface area contributed by atoms with Gasteiger partial charge in [0.2, 0.25) is 9.84 Å². The van der Waals surface area contributed by atoms with Crippen molar-refractivity contribution in [2.75, 3.05) is 0 Å². The Labute approximate surface area is 88.3 Å². The summed E-state index contributed by atoms with van der Waals surface area (Å²) in [5.41, 5.74) is 0. The Kier molecular flexibility index (Phi) is 2.51. The average molecular weight is 218 g/mol. The molecule has 75 valence electrons. The lowest BCUT2D eigenvalue weighted by atomic mass is 10.4. The summed E-state index contributed by atoms with van der Waals surface area (Å²) < 4.78 is 23.9. The standard InChI is InChI=1S/C11H8NO2S/c13-15(14,10-6-2-1-3-7-10)11-8-4-5-9-12-11/h1-4,6-9H. The summed E-state index contributed by atoms with van der Waals surface area (Å²) in [6, 6.07) is 13.9. The molecule has 2 aromatic rings. The summed E-state index contributed by atoms with van der Waals surface area (Å²) in [6.07, 6.45) is 1.34. The maximum atomic E-state index is 12.0. The fraction of sp³-hybridized carbons (Fsp3) is 0. The fourth-order valence-electron chi connectivity index (χ4n) is 1.19. The molecule has 0 unspecified atom stereocenters. The van der Waals surface area contributed by atoms with Crippen LogP contribution in [0, 0.1) is 6.07 Å². The highest BCUT2D eigenvalue weighted by Crippen LogP contribution is 2.17. The number of benzene rings is 1. The molecule has 4 heteroatoms. The van der Waals surface area contributed by atoms with Gasteiger partial charge in [-0.25, -0.2) is 13.4 Å². The number of rotatable bonds is 2. The quantitative estimate of drug-likeness (QED) is 0.771. The van der Waals surface area contributed by atoms with E-state index >= 15 is 0 Å². The van der Waals surface area contributed by atoms with Crippen LogP contribution in [0.1, 0.15) is 0 Å².